The molecule has 6 nitrogen and oxygen atoms in total. The lowest BCUT2D eigenvalue weighted by Crippen LogP contribution is -2.36. The van der Waals surface area contributed by atoms with Crippen molar-refractivity contribution in [3.05, 3.63) is 107 Å². The average molecular weight is 610 g/mol. The maximum absolute atomic E-state index is 11.5. The number of fused-ring (bicyclic) bond motifs is 5. The summed E-state index contributed by atoms with van der Waals surface area (Å²) in [5, 5.41) is 5.70. The molecule has 8 heteroatoms. The number of thiazole rings is 1. The van der Waals surface area contributed by atoms with Crippen LogP contribution in [0.15, 0.2) is 102 Å². The molecular weight excluding hydrogens is 577 g/mol. The van der Waals surface area contributed by atoms with Crippen molar-refractivity contribution in [1.29, 1.82) is 0 Å². The van der Waals surface area contributed by atoms with Gasteiger partial charge in [0, 0.05) is 25.6 Å². The predicted octanol–water partition coefficient (Wildman–Crippen LogP) is 7.88. The Hall–Kier alpha value is -3.98. The van der Waals surface area contributed by atoms with E-state index in [4.69, 9.17) is 4.74 Å². The Morgan fingerprint density at radius 3 is 2.53 bits per heavy atom. The van der Waals surface area contributed by atoms with Crippen LogP contribution in [0.4, 0.5) is 5.69 Å². The summed E-state index contributed by atoms with van der Waals surface area (Å²) in [5.41, 5.74) is 4.61. The van der Waals surface area contributed by atoms with E-state index in [1.807, 2.05) is 25.2 Å². The lowest BCUT2D eigenvalue weighted by Gasteiger charge is -2.20. The summed E-state index contributed by atoms with van der Waals surface area (Å²) in [6, 6.07) is 25.2. The van der Waals surface area contributed by atoms with E-state index in [1.54, 1.807) is 11.3 Å². The van der Waals surface area contributed by atoms with Gasteiger partial charge in [0.25, 0.3) is 15.1 Å². The van der Waals surface area contributed by atoms with Crippen LogP contribution in [0.2, 0.25) is 0 Å². The molecule has 0 fully saturated rings. The van der Waals surface area contributed by atoms with E-state index >= 15 is 0 Å². The van der Waals surface area contributed by atoms with Crippen LogP contribution >= 0.6 is 11.3 Å². The average Bonchev–Trinajstić information content (AvgIpc) is 3.47. The van der Waals surface area contributed by atoms with Crippen LogP contribution in [0.3, 0.4) is 0 Å². The van der Waals surface area contributed by atoms with Gasteiger partial charge in [-0.25, -0.2) is 0 Å². The lowest BCUT2D eigenvalue weighted by atomic mass is 9.86. The van der Waals surface area contributed by atoms with Crippen molar-refractivity contribution in [3.8, 4) is 5.75 Å². The molecule has 1 unspecified atom stereocenters. The molecule has 218 valence electrons. The number of anilines is 1. The van der Waals surface area contributed by atoms with Crippen molar-refractivity contribution >= 4 is 65.0 Å². The second kappa shape index (κ2) is 10.9. The van der Waals surface area contributed by atoms with Gasteiger partial charge in [-0.2, -0.15) is 13.0 Å². The van der Waals surface area contributed by atoms with Gasteiger partial charge < -0.3 is 9.64 Å². The molecule has 0 saturated heterocycles. The molecule has 1 aliphatic carbocycles. The van der Waals surface area contributed by atoms with Crippen LogP contribution in [0.1, 0.15) is 31.2 Å². The van der Waals surface area contributed by atoms with E-state index in [0.29, 0.717) is 18.9 Å². The number of hydrogen-bond donors (Lipinski definition) is 1. The van der Waals surface area contributed by atoms with Crippen molar-refractivity contribution in [2.75, 3.05) is 17.7 Å². The van der Waals surface area contributed by atoms with E-state index in [0.717, 1.165) is 61.5 Å². The van der Waals surface area contributed by atoms with Crippen molar-refractivity contribution in [3.63, 3.8) is 0 Å². The summed E-state index contributed by atoms with van der Waals surface area (Å²) in [6.07, 6.45) is 8.93. The normalized spacial score (nSPS) is 19.0. The van der Waals surface area contributed by atoms with Crippen molar-refractivity contribution in [2.24, 2.45) is 5.92 Å². The molecule has 1 atom stereocenters. The van der Waals surface area contributed by atoms with Gasteiger partial charge in [-0.05, 0) is 70.3 Å². The third kappa shape index (κ3) is 5.58. The Kier molecular flexibility index (Phi) is 7.08. The Morgan fingerprint density at radius 1 is 1.00 bits per heavy atom. The first-order valence-corrected chi connectivity index (χ1v) is 17.0. The van der Waals surface area contributed by atoms with Crippen LogP contribution in [0.5, 0.6) is 5.75 Å². The summed E-state index contributed by atoms with van der Waals surface area (Å²) in [7, 11) is -1.98. The molecule has 1 aliphatic heterocycles. The summed E-state index contributed by atoms with van der Waals surface area (Å²) >= 11 is 1.72. The van der Waals surface area contributed by atoms with Crippen molar-refractivity contribution in [2.45, 2.75) is 32.7 Å². The quantitative estimate of drug-likeness (QED) is 0.157. The molecule has 43 heavy (non-hydrogen) atoms. The Balaban J connectivity index is 1.26. The van der Waals surface area contributed by atoms with E-state index in [9.17, 15) is 13.0 Å². The van der Waals surface area contributed by atoms with Gasteiger partial charge in [0.2, 0.25) is 11.4 Å². The highest BCUT2D eigenvalue weighted by Crippen LogP contribution is 2.42. The van der Waals surface area contributed by atoms with E-state index in [-0.39, 0.29) is 5.75 Å². The van der Waals surface area contributed by atoms with Gasteiger partial charge in [-0.1, -0.05) is 72.9 Å². The molecule has 0 spiro atoms. The SMILES string of the molecule is CC1CC(/C=C2\Oc3cc4ccccc4cc3N2C)=CC(=C/c2sc3ccc4ccccc4c3[n+]2CCCS(=O)(=O)O)/C1. The molecule has 7 rings (SSSR count). The highest BCUT2D eigenvalue weighted by atomic mass is 32.2. The molecule has 1 aromatic heterocycles. The highest BCUT2D eigenvalue weighted by molar-refractivity contribution is 7.85. The maximum Gasteiger partial charge on any atom is 0.265 e. The van der Waals surface area contributed by atoms with Gasteiger partial charge in [-0.3, -0.25) is 4.55 Å². The number of benzene rings is 4. The van der Waals surface area contributed by atoms with Crippen LogP contribution in [0, 0.1) is 5.92 Å². The van der Waals surface area contributed by atoms with Crippen molar-refractivity contribution in [1.82, 2.24) is 0 Å². The van der Waals surface area contributed by atoms with Crippen molar-refractivity contribution < 1.29 is 22.3 Å². The fourth-order valence-corrected chi connectivity index (χ4v) is 8.01. The molecule has 4 aromatic carbocycles. The zero-order chi connectivity index (χ0) is 29.7. The van der Waals surface area contributed by atoms with Crippen LogP contribution in [-0.2, 0) is 16.7 Å². The number of ether oxygens (including phenoxy) is 1. The number of rotatable bonds is 6. The van der Waals surface area contributed by atoms with Gasteiger partial charge in [-0.15, -0.1) is 0 Å². The van der Waals surface area contributed by atoms with E-state index < -0.39 is 10.1 Å². The largest absolute Gasteiger partial charge is 0.439 e. The molecule has 0 amide bonds. The third-order valence-corrected chi connectivity index (χ3v) is 10.2. The van der Waals surface area contributed by atoms with Gasteiger partial charge >= 0.3 is 0 Å². The Labute approximate surface area is 255 Å². The topological polar surface area (TPSA) is 70.7 Å². The number of nitrogens with zero attached hydrogens (tertiary/aromatic N) is 2. The molecule has 2 heterocycles. The molecule has 5 aromatic rings. The molecule has 2 aliphatic rings. The zero-order valence-corrected chi connectivity index (χ0v) is 25.8. The summed E-state index contributed by atoms with van der Waals surface area (Å²) in [4.78, 5) is 2.12. The first-order valence-electron chi connectivity index (χ1n) is 14.6. The highest BCUT2D eigenvalue weighted by Gasteiger charge is 2.26. The summed E-state index contributed by atoms with van der Waals surface area (Å²) in [5.74, 6) is 1.89. The second-order valence-electron chi connectivity index (χ2n) is 11.6. The minimum absolute atomic E-state index is 0.266. The number of allylic oxidation sites excluding steroid dienone is 4. The lowest BCUT2D eigenvalue weighted by molar-refractivity contribution is -0.667. The Bertz CT molecular complexity index is 2110. The molecule has 0 radical (unpaired) electrons. The van der Waals surface area contributed by atoms with Gasteiger partial charge in [0.1, 0.15) is 4.70 Å². The number of aromatic nitrogens is 1. The molecular formula is C35H33N2O4S2+. The van der Waals surface area contributed by atoms with Gasteiger partial charge in [0.15, 0.2) is 12.3 Å². The Morgan fingerprint density at radius 2 is 1.74 bits per heavy atom. The standard InChI is InChI=1S/C35H32N2O4S2/c1-23-16-24(19-33-36(2)30-21-27-9-3-4-10-28(27)22-31(30)41-33)18-25(17-23)20-34-37(14-7-15-43(38,39)40)35-29-11-6-5-8-26(29)12-13-32(35)42-34/h3-6,8-13,18-23H,7,14-17H2,1-2H3/p+1. The van der Waals surface area contributed by atoms with Gasteiger partial charge in [0.05, 0.1) is 16.8 Å². The van der Waals surface area contributed by atoms with Crippen LogP contribution in [0.25, 0.3) is 37.8 Å². The second-order valence-corrected chi connectivity index (χ2v) is 14.3. The fraction of sp³-hybridized carbons (Fsp3) is 0.229. The number of aryl methyl sites for hydroxylation is 1. The number of hydrogen-bond acceptors (Lipinski definition) is 5. The van der Waals surface area contributed by atoms with E-state index in [1.165, 1.54) is 16.5 Å². The monoisotopic (exact) mass is 609 g/mol. The molecule has 1 N–H and O–H groups in total. The smallest absolute Gasteiger partial charge is 0.265 e. The zero-order valence-electron chi connectivity index (χ0n) is 24.2. The minimum atomic E-state index is -4.03. The first kappa shape index (κ1) is 27.8. The fourth-order valence-electron chi connectivity index (χ4n) is 6.34. The summed E-state index contributed by atoms with van der Waals surface area (Å²) in [6.45, 7) is 2.77. The van der Waals surface area contributed by atoms with E-state index in [2.05, 4.69) is 89.2 Å². The van der Waals surface area contributed by atoms with Crippen LogP contribution < -0.4 is 14.2 Å². The predicted molar refractivity (Wildman–Crippen MR) is 176 cm³/mol. The third-order valence-electron chi connectivity index (χ3n) is 8.29. The van der Waals surface area contributed by atoms with Crippen LogP contribution in [-0.4, -0.2) is 25.8 Å². The molecule has 0 saturated carbocycles. The molecule has 0 bridgehead atoms. The maximum atomic E-state index is 11.5. The summed E-state index contributed by atoms with van der Waals surface area (Å²) < 4.78 is 42.1. The minimum Gasteiger partial charge on any atom is -0.439 e. The first-order chi connectivity index (χ1) is 20.7.